The zero-order valence-electron chi connectivity index (χ0n) is 14.9. The number of rotatable bonds is 8. The van der Waals surface area contributed by atoms with E-state index in [9.17, 15) is 9.59 Å². The van der Waals surface area contributed by atoms with Gasteiger partial charge in [-0.05, 0) is 11.4 Å². The van der Waals surface area contributed by atoms with Gasteiger partial charge < -0.3 is 14.5 Å². The molecule has 0 bridgehead atoms. The maximum atomic E-state index is 12.3. The molecule has 1 N–H and O–H groups in total. The Kier molecular flexibility index (Phi) is 6.38. The van der Waals surface area contributed by atoms with Crippen molar-refractivity contribution in [2.45, 2.75) is 25.3 Å². The van der Waals surface area contributed by atoms with Crippen molar-refractivity contribution < 1.29 is 18.7 Å². The zero-order valence-corrected chi connectivity index (χ0v) is 15.7. The second-order valence-electron chi connectivity index (χ2n) is 5.90. The number of benzene rings is 1. The number of methoxy groups -OCH3 is 1. The van der Waals surface area contributed by atoms with Gasteiger partial charge in [0.1, 0.15) is 0 Å². The lowest BCUT2D eigenvalue weighted by atomic mass is 10.1. The number of esters is 1. The molecule has 0 spiro atoms. The van der Waals surface area contributed by atoms with Crippen molar-refractivity contribution in [2.24, 2.45) is 0 Å². The average Bonchev–Trinajstić information content (AvgIpc) is 3.38. The van der Waals surface area contributed by atoms with Crippen molar-refractivity contribution in [3.05, 3.63) is 64.8 Å². The first-order valence-corrected chi connectivity index (χ1v) is 9.43. The molecule has 0 saturated carbocycles. The maximum absolute atomic E-state index is 12.3. The molecule has 0 aliphatic carbocycles. The molecule has 1 atom stereocenters. The molecule has 0 saturated heterocycles. The van der Waals surface area contributed by atoms with Crippen LogP contribution in [-0.4, -0.2) is 24.0 Å². The van der Waals surface area contributed by atoms with Gasteiger partial charge in [-0.1, -0.05) is 36.4 Å². The lowest BCUT2D eigenvalue weighted by Crippen LogP contribution is -2.30. The van der Waals surface area contributed by atoms with Gasteiger partial charge in [0.15, 0.2) is 11.7 Å². The Morgan fingerprint density at radius 3 is 2.74 bits per heavy atom. The molecular weight excluding hydrogens is 364 g/mol. The number of aromatic nitrogens is 1. The van der Waals surface area contributed by atoms with E-state index in [2.05, 4.69) is 10.3 Å². The predicted molar refractivity (Wildman–Crippen MR) is 102 cm³/mol. The number of amides is 1. The van der Waals surface area contributed by atoms with E-state index >= 15 is 0 Å². The van der Waals surface area contributed by atoms with Gasteiger partial charge in [-0.25, -0.2) is 4.98 Å². The molecule has 1 unspecified atom stereocenters. The normalized spacial score (nSPS) is 11.7. The third kappa shape index (κ3) is 5.27. The van der Waals surface area contributed by atoms with E-state index in [0.717, 1.165) is 10.4 Å². The Morgan fingerprint density at radius 2 is 2.04 bits per heavy atom. The van der Waals surface area contributed by atoms with Gasteiger partial charge in [0.05, 0.1) is 25.8 Å². The fraction of sp³-hybridized carbons (Fsp3) is 0.250. The highest BCUT2D eigenvalue weighted by Crippen LogP contribution is 2.23. The second-order valence-corrected chi connectivity index (χ2v) is 6.88. The van der Waals surface area contributed by atoms with Gasteiger partial charge in [-0.2, -0.15) is 0 Å². The summed E-state index contributed by atoms with van der Waals surface area (Å²) < 4.78 is 10.4. The van der Waals surface area contributed by atoms with Gasteiger partial charge >= 0.3 is 5.97 Å². The van der Waals surface area contributed by atoms with E-state index in [0.29, 0.717) is 18.1 Å². The van der Waals surface area contributed by atoms with Crippen LogP contribution >= 0.6 is 11.3 Å². The summed E-state index contributed by atoms with van der Waals surface area (Å²) in [5, 5.41) is 4.80. The van der Waals surface area contributed by atoms with Crippen molar-refractivity contribution in [2.75, 3.05) is 7.11 Å². The molecule has 0 radical (unpaired) electrons. The molecule has 27 heavy (non-hydrogen) atoms. The van der Waals surface area contributed by atoms with Crippen molar-refractivity contribution in [1.29, 1.82) is 0 Å². The topological polar surface area (TPSA) is 81.4 Å². The van der Waals surface area contributed by atoms with E-state index in [1.54, 1.807) is 6.20 Å². The highest BCUT2D eigenvalue weighted by molar-refractivity contribution is 7.10. The molecular formula is C20H20N2O4S. The van der Waals surface area contributed by atoms with Gasteiger partial charge in [0.2, 0.25) is 5.91 Å². The van der Waals surface area contributed by atoms with Crippen LogP contribution in [0, 0.1) is 0 Å². The van der Waals surface area contributed by atoms with Crippen molar-refractivity contribution in [1.82, 2.24) is 10.3 Å². The summed E-state index contributed by atoms with van der Waals surface area (Å²) in [6, 6.07) is 13.0. The monoisotopic (exact) mass is 384 g/mol. The lowest BCUT2D eigenvalue weighted by Gasteiger charge is -2.16. The molecule has 0 fully saturated rings. The third-order valence-corrected chi connectivity index (χ3v) is 4.98. The molecule has 6 nitrogen and oxygen atoms in total. The lowest BCUT2D eigenvalue weighted by molar-refractivity contribution is -0.141. The molecule has 0 aliphatic heterocycles. The van der Waals surface area contributed by atoms with Crippen molar-refractivity contribution >= 4 is 23.2 Å². The van der Waals surface area contributed by atoms with Crippen LogP contribution in [0.25, 0.3) is 11.3 Å². The number of thiophene rings is 1. The molecule has 2 heterocycles. The highest BCUT2D eigenvalue weighted by Gasteiger charge is 2.20. The first-order chi connectivity index (χ1) is 13.2. The van der Waals surface area contributed by atoms with Crippen LogP contribution in [0.15, 0.2) is 58.5 Å². The summed E-state index contributed by atoms with van der Waals surface area (Å²) in [6.45, 7) is 0. The van der Waals surface area contributed by atoms with Gasteiger partial charge in [0, 0.05) is 23.3 Å². The number of oxazole rings is 1. The van der Waals surface area contributed by atoms with Crippen LogP contribution in [0.3, 0.4) is 0 Å². The minimum absolute atomic E-state index is 0.0971. The number of carbonyl (C=O) groups is 2. The Morgan fingerprint density at radius 1 is 1.22 bits per heavy atom. The summed E-state index contributed by atoms with van der Waals surface area (Å²) in [5.74, 6) is 0.642. The molecule has 0 aliphatic rings. The van der Waals surface area contributed by atoms with Gasteiger partial charge in [-0.3, -0.25) is 9.59 Å². The number of nitrogens with zero attached hydrogens (tertiary/aromatic N) is 1. The fourth-order valence-electron chi connectivity index (χ4n) is 2.61. The summed E-state index contributed by atoms with van der Waals surface area (Å²) >= 11 is 1.49. The van der Waals surface area contributed by atoms with Crippen LogP contribution in [-0.2, 0) is 20.7 Å². The summed E-state index contributed by atoms with van der Waals surface area (Å²) in [6.07, 6.45) is 2.36. The van der Waals surface area contributed by atoms with E-state index in [-0.39, 0.29) is 24.7 Å². The SMILES string of the molecule is COC(=O)CC(NC(=O)CCc1ncc(-c2ccccc2)o1)c1cccs1. The van der Waals surface area contributed by atoms with Gasteiger partial charge in [-0.15, -0.1) is 11.3 Å². The van der Waals surface area contributed by atoms with Crippen molar-refractivity contribution in [3.63, 3.8) is 0 Å². The Bertz CT molecular complexity index is 875. The fourth-order valence-corrected chi connectivity index (χ4v) is 3.39. The maximum Gasteiger partial charge on any atom is 0.307 e. The standard InChI is InChI=1S/C20H20N2O4S/c1-25-20(24)12-15(17-8-5-11-27-17)22-18(23)9-10-19-21-13-16(26-19)14-6-3-2-4-7-14/h2-8,11,13,15H,9-10,12H2,1H3,(H,22,23). The van der Waals surface area contributed by atoms with Gasteiger partial charge in [0.25, 0.3) is 0 Å². The number of nitrogens with one attached hydrogen (secondary N) is 1. The summed E-state index contributed by atoms with van der Waals surface area (Å²) in [7, 11) is 1.34. The molecule has 1 aromatic carbocycles. The second kappa shape index (κ2) is 9.14. The number of hydrogen-bond donors (Lipinski definition) is 1. The molecule has 2 aromatic heterocycles. The minimum Gasteiger partial charge on any atom is -0.469 e. The van der Waals surface area contributed by atoms with Crippen LogP contribution in [0.2, 0.25) is 0 Å². The average molecular weight is 384 g/mol. The van der Waals surface area contributed by atoms with E-state index in [1.165, 1.54) is 18.4 Å². The van der Waals surface area contributed by atoms with E-state index < -0.39 is 6.04 Å². The number of aryl methyl sites for hydroxylation is 1. The minimum atomic E-state index is -0.394. The predicted octanol–water partition coefficient (Wildman–Crippen LogP) is 3.76. The molecule has 7 heteroatoms. The van der Waals surface area contributed by atoms with Crippen molar-refractivity contribution in [3.8, 4) is 11.3 Å². The summed E-state index contributed by atoms with van der Waals surface area (Å²) in [4.78, 5) is 29.1. The zero-order chi connectivity index (χ0) is 19.1. The quantitative estimate of drug-likeness (QED) is 0.598. The smallest absolute Gasteiger partial charge is 0.307 e. The Labute approximate surface area is 161 Å². The molecule has 140 valence electrons. The van der Waals surface area contributed by atoms with Crippen LogP contribution in [0.4, 0.5) is 0 Å². The first-order valence-electron chi connectivity index (χ1n) is 8.55. The Balaban J connectivity index is 1.57. The molecule has 1 amide bonds. The third-order valence-electron chi connectivity index (χ3n) is 4.00. The van der Waals surface area contributed by atoms with E-state index in [1.807, 2.05) is 47.8 Å². The first kappa shape index (κ1) is 18.8. The van der Waals surface area contributed by atoms with Crippen LogP contribution in [0.1, 0.15) is 29.7 Å². The largest absolute Gasteiger partial charge is 0.469 e. The van der Waals surface area contributed by atoms with Crippen LogP contribution < -0.4 is 5.32 Å². The highest BCUT2D eigenvalue weighted by atomic mass is 32.1. The Hall–Kier alpha value is -2.93. The molecule has 3 rings (SSSR count). The number of hydrogen-bond acceptors (Lipinski definition) is 6. The summed E-state index contributed by atoms with van der Waals surface area (Å²) in [5.41, 5.74) is 0.941. The molecule has 3 aromatic rings. The number of ether oxygens (including phenoxy) is 1. The van der Waals surface area contributed by atoms with Crippen LogP contribution in [0.5, 0.6) is 0 Å². The number of carbonyl (C=O) groups excluding carboxylic acids is 2. The van der Waals surface area contributed by atoms with E-state index in [4.69, 9.17) is 9.15 Å².